The molecule has 3 aromatic rings. The Morgan fingerprint density at radius 1 is 1.16 bits per heavy atom. The summed E-state index contributed by atoms with van der Waals surface area (Å²) >= 11 is 3.32. The van der Waals surface area contributed by atoms with Gasteiger partial charge < -0.3 is 5.32 Å². The minimum atomic E-state index is 0. The van der Waals surface area contributed by atoms with Crippen LogP contribution in [0, 0.1) is 6.92 Å². The molecule has 0 radical (unpaired) electrons. The van der Waals surface area contributed by atoms with E-state index in [1.807, 2.05) is 18.2 Å². The quantitative estimate of drug-likeness (QED) is 0.759. The van der Waals surface area contributed by atoms with Crippen molar-refractivity contribution in [1.82, 2.24) is 9.97 Å². The summed E-state index contributed by atoms with van der Waals surface area (Å²) in [7, 11) is 0. The summed E-state index contributed by atoms with van der Waals surface area (Å²) in [5, 5.41) is 8.28. The zero-order valence-corrected chi connectivity index (χ0v) is 12.6. The van der Waals surface area contributed by atoms with Crippen molar-refractivity contribution >= 4 is 46.0 Å². The zero-order chi connectivity index (χ0) is 12.4. The van der Waals surface area contributed by atoms with Gasteiger partial charge in [0.15, 0.2) is 5.13 Å². The minimum absolute atomic E-state index is 0. The van der Waals surface area contributed by atoms with Gasteiger partial charge in [-0.2, -0.15) is 0 Å². The average Bonchev–Trinajstić information content (AvgIpc) is 2.99. The highest BCUT2D eigenvalue weighted by Gasteiger charge is 2.06. The highest BCUT2D eigenvalue weighted by atomic mass is 35.5. The molecular weight excluding hydrogens is 298 g/mol. The summed E-state index contributed by atoms with van der Waals surface area (Å²) < 4.78 is 0. The third-order valence-electron chi connectivity index (χ3n) is 2.39. The maximum Gasteiger partial charge on any atom is 0.188 e. The van der Waals surface area contributed by atoms with Crippen LogP contribution in [-0.2, 0) is 0 Å². The lowest BCUT2D eigenvalue weighted by molar-refractivity contribution is 1.29. The van der Waals surface area contributed by atoms with Crippen LogP contribution in [0.1, 0.15) is 5.56 Å². The Morgan fingerprint density at radius 2 is 2.05 bits per heavy atom. The highest BCUT2D eigenvalue weighted by Crippen LogP contribution is 2.30. The molecule has 1 N–H and O–H groups in total. The van der Waals surface area contributed by atoms with Crippen LogP contribution in [0.2, 0.25) is 0 Å². The lowest BCUT2D eigenvalue weighted by atomic mass is 10.3. The molecule has 6 heteroatoms. The van der Waals surface area contributed by atoms with Gasteiger partial charge >= 0.3 is 0 Å². The molecule has 0 fully saturated rings. The summed E-state index contributed by atoms with van der Waals surface area (Å²) in [6.45, 7) is 2.10. The van der Waals surface area contributed by atoms with Gasteiger partial charge in [0.05, 0.1) is 10.6 Å². The Labute approximate surface area is 125 Å². The second-order valence-electron chi connectivity index (χ2n) is 3.87. The molecule has 0 bridgehead atoms. The molecule has 0 aliphatic rings. The van der Waals surface area contributed by atoms with Crippen LogP contribution in [0.25, 0.3) is 10.6 Å². The molecule has 0 unspecified atom stereocenters. The van der Waals surface area contributed by atoms with E-state index in [0.717, 1.165) is 16.6 Å². The van der Waals surface area contributed by atoms with Gasteiger partial charge in [-0.1, -0.05) is 6.07 Å². The van der Waals surface area contributed by atoms with Crippen LogP contribution in [0.4, 0.5) is 10.9 Å². The first-order valence-electron chi connectivity index (χ1n) is 5.50. The minimum Gasteiger partial charge on any atom is -0.316 e. The van der Waals surface area contributed by atoms with E-state index in [0.29, 0.717) is 0 Å². The van der Waals surface area contributed by atoms with Gasteiger partial charge in [0.2, 0.25) is 0 Å². The lowest BCUT2D eigenvalue weighted by Crippen LogP contribution is -1.91. The Bertz CT molecular complexity index is 649. The number of rotatable bonds is 3. The number of thiazole rings is 1. The zero-order valence-electron chi connectivity index (χ0n) is 10.2. The second kappa shape index (κ2) is 6.14. The monoisotopic (exact) mass is 309 g/mol. The molecule has 98 valence electrons. The Hall–Kier alpha value is -1.43. The van der Waals surface area contributed by atoms with Crippen molar-refractivity contribution in [2.24, 2.45) is 0 Å². The first-order valence-corrected chi connectivity index (χ1v) is 7.26. The number of nitrogens with one attached hydrogen (secondary N) is 1. The number of aromatic nitrogens is 2. The van der Waals surface area contributed by atoms with Crippen molar-refractivity contribution in [2.75, 3.05) is 5.32 Å². The van der Waals surface area contributed by atoms with Crippen LogP contribution in [-0.4, -0.2) is 9.97 Å². The van der Waals surface area contributed by atoms with Gasteiger partial charge in [-0.3, -0.25) is 0 Å². The van der Waals surface area contributed by atoms with Crippen molar-refractivity contribution in [2.45, 2.75) is 6.92 Å². The fourth-order valence-electron chi connectivity index (χ4n) is 1.56. The second-order valence-corrected chi connectivity index (χ2v) is 5.64. The fourth-order valence-corrected chi connectivity index (χ4v) is 3.21. The van der Waals surface area contributed by atoms with Gasteiger partial charge in [0, 0.05) is 11.6 Å². The van der Waals surface area contributed by atoms with Gasteiger partial charge in [-0.15, -0.1) is 35.1 Å². The maximum atomic E-state index is 4.57. The molecule has 0 atom stereocenters. The molecule has 3 rings (SSSR count). The number of nitrogens with zero attached hydrogens (tertiary/aromatic N) is 2. The Balaban J connectivity index is 0.00000133. The van der Waals surface area contributed by atoms with Gasteiger partial charge in [0.25, 0.3) is 0 Å². The van der Waals surface area contributed by atoms with Crippen molar-refractivity contribution in [3.63, 3.8) is 0 Å². The topological polar surface area (TPSA) is 37.8 Å². The van der Waals surface area contributed by atoms with Crippen LogP contribution < -0.4 is 5.32 Å². The number of thiophene rings is 1. The molecule has 0 spiro atoms. The van der Waals surface area contributed by atoms with Gasteiger partial charge in [-0.05, 0) is 36.1 Å². The fraction of sp³-hybridized carbons (Fsp3) is 0.0769. The van der Waals surface area contributed by atoms with E-state index in [1.54, 1.807) is 28.9 Å². The van der Waals surface area contributed by atoms with Crippen LogP contribution in [0.15, 0.2) is 41.2 Å². The number of aryl methyl sites for hydroxylation is 1. The average molecular weight is 310 g/mol. The van der Waals surface area contributed by atoms with Gasteiger partial charge in [0.1, 0.15) is 5.82 Å². The smallest absolute Gasteiger partial charge is 0.188 e. The number of pyridine rings is 1. The molecule has 0 aromatic carbocycles. The molecule has 3 heterocycles. The van der Waals surface area contributed by atoms with E-state index < -0.39 is 0 Å². The summed E-state index contributed by atoms with van der Waals surface area (Å²) in [4.78, 5) is 9.99. The molecule has 0 aliphatic heterocycles. The predicted octanol–water partition coefficient (Wildman–Crippen LogP) is 4.74. The normalized spacial score (nSPS) is 9.95. The van der Waals surface area contributed by atoms with E-state index in [9.17, 15) is 0 Å². The number of halogens is 1. The van der Waals surface area contributed by atoms with E-state index in [1.165, 1.54) is 10.4 Å². The third kappa shape index (κ3) is 3.32. The maximum absolute atomic E-state index is 4.57. The SMILES string of the molecule is Cc1csc(-c2csc(Nc3ccccn3)n2)c1.Cl. The summed E-state index contributed by atoms with van der Waals surface area (Å²) in [5.74, 6) is 0.820. The Morgan fingerprint density at radius 3 is 2.74 bits per heavy atom. The lowest BCUT2D eigenvalue weighted by Gasteiger charge is -1.99. The van der Waals surface area contributed by atoms with Crippen molar-refractivity contribution in [1.29, 1.82) is 0 Å². The number of hydrogen-bond acceptors (Lipinski definition) is 5. The summed E-state index contributed by atoms with van der Waals surface area (Å²) in [5.41, 5.74) is 2.30. The first-order chi connectivity index (χ1) is 8.81. The van der Waals surface area contributed by atoms with E-state index >= 15 is 0 Å². The molecule has 3 nitrogen and oxygen atoms in total. The predicted molar refractivity (Wildman–Crippen MR) is 84.9 cm³/mol. The van der Waals surface area contributed by atoms with E-state index in [4.69, 9.17) is 0 Å². The van der Waals surface area contributed by atoms with Gasteiger partial charge in [-0.25, -0.2) is 9.97 Å². The molecule has 0 amide bonds. The molecule has 3 aromatic heterocycles. The third-order valence-corrected chi connectivity index (χ3v) is 4.22. The Kier molecular flexibility index (Phi) is 4.52. The number of hydrogen-bond donors (Lipinski definition) is 1. The summed E-state index contributed by atoms with van der Waals surface area (Å²) in [6, 6.07) is 7.93. The van der Waals surface area contributed by atoms with E-state index in [-0.39, 0.29) is 12.4 Å². The molecular formula is C13H12ClN3S2. The first kappa shape index (κ1) is 14.0. The van der Waals surface area contributed by atoms with Crippen molar-refractivity contribution in [3.05, 3.63) is 46.8 Å². The highest BCUT2D eigenvalue weighted by molar-refractivity contribution is 7.16. The van der Waals surface area contributed by atoms with Crippen molar-refractivity contribution < 1.29 is 0 Å². The molecule has 0 aliphatic carbocycles. The van der Waals surface area contributed by atoms with Crippen LogP contribution in [0.5, 0.6) is 0 Å². The van der Waals surface area contributed by atoms with Crippen LogP contribution in [0.3, 0.4) is 0 Å². The molecule has 19 heavy (non-hydrogen) atoms. The standard InChI is InChI=1S/C13H11N3S2.ClH/c1-9-6-11(17-7-9)10-8-18-13(15-10)16-12-4-2-3-5-14-12;/h2-8H,1H3,(H,14,15,16);1H. The summed E-state index contributed by atoms with van der Waals surface area (Å²) in [6.07, 6.45) is 1.76. The molecule has 0 saturated heterocycles. The van der Waals surface area contributed by atoms with Crippen molar-refractivity contribution in [3.8, 4) is 10.6 Å². The largest absolute Gasteiger partial charge is 0.316 e. The molecule has 0 saturated carbocycles. The van der Waals surface area contributed by atoms with E-state index in [2.05, 4.69) is 39.0 Å². The number of anilines is 2. The van der Waals surface area contributed by atoms with Crippen LogP contribution >= 0.6 is 35.1 Å².